The van der Waals surface area contributed by atoms with E-state index in [9.17, 15) is 5.11 Å². The van der Waals surface area contributed by atoms with Crippen molar-refractivity contribution in [2.45, 2.75) is 23.1 Å². The summed E-state index contributed by atoms with van der Waals surface area (Å²) in [4.78, 5) is -0.732. The van der Waals surface area contributed by atoms with E-state index in [4.69, 9.17) is 20.4 Å². The summed E-state index contributed by atoms with van der Waals surface area (Å²) in [5.41, 5.74) is 0. The molecule has 5 N–H and O–H groups in total. The predicted octanol–water partition coefficient (Wildman–Crippen LogP) is -3.26. The van der Waals surface area contributed by atoms with Gasteiger partial charge in [0, 0.05) is 0 Å². The Labute approximate surface area is 78.5 Å². The summed E-state index contributed by atoms with van der Waals surface area (Å²) >= 11 is 1.94. The minimum atomic E-state index is -1.29. The van der Waals surface area contributed by atoms with Crippen LogP contribution in [0.2, 0.25) is 4.82 Å². The maximum atomic E-state index is 9.19. The fourth-order valence-electron chi connectivity index (χ4n) is 0.671. The summed E-state index contributed by atoms with van der Waals surface area (Å²) in [6, 6.07) is 0. The third-order valence-corrected chi connectivity index (χ3v) is 2.88. The van der Waals surface area contributed by atoms with Gasteiger partial charge in [0.2, 0.25) is 0 Å². The molecule has 6 heteroatoms. The first-order valence-corrected chi connectivity index (χ1v) is 4.57. The second-order valence-electron chi connectivity index (χ2n) is 2.48. The van der Waals surface area contributed by atoms with Crippen molar-refractivity contribution >= 4 is 16.0 Å². The van der Waals surface area contributed by atoms with Gasteiger partial charge in [0.05, 0.1) is 0 Å². The molecule has 0 rings (SSSR count). The van der Waals surface area contributed by atoms with Crippen LogP contribution in [0.15, 0.2) is 0 Å². The third-order valence-electron chi connectivity index (χ3n) is 1.51. The van der Waals surface area contributed by atoms with Gasteiger partial charge in [0.15, 0.2) is 0 Å². The number of hydrogen-bond acceptors (Lipinski definition) is 5. The molecular weight excluding hydrogens is 231 g/mol. The van der Waals surface area contributed by atoms with Crippen LogP contribution >= 0.6 is 0 Å². The van der Waals surface area contributed by atoms with E-state index in [1.165, 1.54) is 0 Å². The van der Waals surface area contributed by atoms with Crippen LogP contribution in [-0.2, 0) is 0 Å². The Hall–Kier alpha value is 0.319. The van der Waals surface area contributed by atoms with E-state index in [0.717, 1.165) is 0 Å². The van der Waals surface area contributed by atoms with Crippen LogP contribution in [0.4, 0.5) is 0 Å². The van der Waals surface area contributed by atoms with Gasteiger partial charge in [-0.3, -0.25) is 0 Å². The van der Waals surface area contributed by atoms with Crippen LogP contribution in [0.1, 0.15) is 0 Å². The number of hydrogen-bond donors (Lipinski definition) is 5. The van der Waals surface area contributed by atoms with Crippen molar-refractivity contribution < 1.29 is 25.5 Å². The zero-order valence-electron chi connectivity index (χ0n) is 6.41. The van der Waals surface area contributed by atoms with E-state index >= 15 is 0 Å². The molecule has 0 aliphatic heterocycles. The van der Waals surface area contributed by atoms with Crippen LogP contribution < -0.4 is 0 Å². The predicted molar refractivity (Wildman–Crippen MR) is 43.1 cm³/mol. The molecule has 4 atom stereocenters. The molecule has 0 fully saturated rings. The molecule has 5 nitrogen and oxygen atoms in total. The molecule has 0 unspecified atom stereocenters. The second-order valence-corrected chi connectivity index (χ2v) is 3.73. The van der Waals surface area contributed by atoms with Crippen LogP contribution in [0, 0.1) is 0 Å². The Morgan fingerprint density at radius 1 is 0.917 bits per heavy atom. The van der Waals surface area contributed by atoms with Gasteiger partial charge in [-0.25, -0.2) is 0 Å². The normalized spacial score (nSPS) is 21.5. The Kier molecular flexibility index (Phi) is 6.04. The summed E-state index contributed by atoms with van der Waals surface area (Å²) in [6.07, 6.45) is -3.65. The average molecular weight is 245 g/mol. The van der Waals surface area contributed by atoms with Crippen LogP contribution in [0.5, 0.6) is 0 Å². The van der Waals surface area contributed by atoms with Crippen molar-refractivity contribution in [1.82, 2.24) is 0 Å². The van der Waals surface area contributed by atoms with Crippen molar-refractivity contribution in [2.24, 2.45) is 0 Å². The van der Waals surface area contributed by atoms with Gasteiger partial charge in [0.25, 0.3) is 0 Å². The minimum absolute atomic E-state index is 0.491. The van der Waals surface area contributed by atoms with E-state index in [-0.39, 0.29) is 0 Å². The van der Waals surface area contributed by atoms with Crippen molar-refractivity contribution in [1.29, 1.82) is 0 Å². The first-order valence-electron chi connectivity index (χ1n) is 3.48. The molecule has 0 aliphatic rings. The molecule has 0 saturated heterocycles. The zero-order chi connectivity index (χ0) is 9.72. The Morgan fingerprint density at radius 3 is 1.67 bits per heavy atom. The van der Waals surface area contributed by atoms with Crippen molar-refractivity contribution in [3.05, 3.63) is 0 Å². The fourth-order valence-corrected chi connectivity index (χ4v) is 1.29. The van der Waals surface area contributed by atoms with E-state index in [0.29, 0.717) is 0 Å². The Morgan fingerprint density at radius 2 is 1.33 bits per heavy atom. The first-order chi connectivity index (χ1) is 5.54. The van der Waals surface area contributed by atoms with Gasteiger partial charge in [0.1, 0.15) is 0 Å². The van der Waals surface area contributed by atoms with E-state index in [2.05, 4.69) is 0 Å². The van der Waals surface area contributed by atoms with Gasteiger partial charge in [-0.1, -0.05) is 0 Å². The molecule has 0 heterocycles. The van der Waals surface area contributed by atoms with Crippen LogP contribution in [0.3, 0.4) is 0 Å². The van der Waals surface area contributed by atoms with Gasteiger partial charge >= 0.3 is 77.9 Å². The molecule has 0 aliphatic carbocycles. The number of aliphatic hydroxyl groups excluding tert-OH is 5. The van der Waals surface area contributed by atoms with Gasteiger partial charge < -0.3 is 0 Å². The summed E-state index contributed by atoms with van der Waals surface area (Å²) in [6.45, 7) is -1.07. The van der Waals surface area contributed by atoms with Crippen molar-refractivity contribution in [2.75, 3.05) is 13.2 Å². The van der Waals surface area contributed by atoms with E-state index in [1.807, 2.05) is 16.0 Å². The molecule has 0 saturated carbocycles. The summed E-state index contributed by atoms with van der Waals surface area (Å²) in [5.74, 6) is 0. The summed E-state index contributed by atoms with van der Waals surface area (Å²) in [5, 5.41) is 44.1. The van der Waals surface area contributed by atoms with E-state index < -0.39 is 36.3 Å². The topological polar surface area (TPSA) is 101 Å². The monoisotopic (exact) mass is 246 g/mol. The average Bonchev–Trinajstić information content (AvgIpc) is 2.12. The standard InChI is InChI=1S/C6H14O5Se/c7-1-3(9)5(11)6(12)4(10)2-8/h3-12H,1-2H2/t3-,4-,5-,6+/m0/s1. The molecule has 0 bridgehead atoms. The summed E-state index contributed by atoms with van der Waals surface area (Å²) in [7, 11) is 0. The SMILES string of the molecule is OC[C@H](O)[C@H](O)[C@H]([SeH])[C@@H](O)CO. The maximum absolute atomic E-state index is 9.19. The molecule has 0 radical (unpaired) electrons. The Bertz CT molecular complexity index is 109. The second kappa shape index (κ2) is 5.88. The molecule has 0 aromatic rings. The van der Waals surface area contributed by atoms with Crippen LogP contribution in [-0.4, -0.2) is 73.1 Å². The molecule has 0 amide bonds. The van der Waals surface area contributed by atoms with Gasteiger partial charge in [-0.05, 0) is 0 Å². The quantitative estimate of drug-likeness (QED) is 0.327. The van der Waals surface area contributed by atoms with E-state index in [1.54, 1.807) is 0 Å². The zero-order valence-corrected chi connectivity index (χ0v) is 8.28. The Balaban J connectivity index is 3.99. The molecule has 0 spiro atoms. The number of rotatable bonds is 5. The van der Waals surface area contributed by atoms with Gasteiger partial charge in [-0.2, -0.15) is 0 Å². The summed E-state index contributed by atoms with van der Waals surface area (Å²) < 4.78 is 0. The molecule has 0 aromatic carbocycles. The molecular formula is C6H14O5Se. The molecule has 12 heavy (non-hydrogen) atoms. The van der Waals surface area contributed by atoms with Gasteiger partial charge in [-0.15, -0.1) is 0 Å². The fraction of sp³-hybridized carbons (Fsp3) is 1.00. The first kappa shape index (κ1) is 12.3. The third kappa shape index (κ3) is 3.37. The van der Waals surface area contributed by atoms with Crippen molar-refractivity contribution in [3.8, 4) is 0 Å². The number of aliphatic hydroxyl groups is 5. The molecule has 0 aromatic heterocycles. The van der Waals surface area contributed by atoms with Crippen molar-refractivity contribution in [3.63, 3.8) is 0 Å². The van der Waals surface area contributed by atoms with Crippen LogP contribution in [0.25, 0.3) is 0 Å². The molecule has 74 valence electrons.